The normalized spacial score (nSPS) is 10.8. The standard InChI is InChI=1S/C10H12O2/c1-10(2,8-11)12-9-6-4-3-5-7-9/h3-8H,1-2H3. The quantitative estimate of drug-likeness (QED) is 0.639. The average Bonchev–Trinajstić information content (AvgIpc) is 2.06. The molecule has 0 saturated heterocycles. The summed E-state index contributed by atoms with van der Waals surface area (Å²) in [4.78, 5) is 10.5. The van der Waals surface area contributed by atoms with Gasteiger partial charge in [0.05, 0.1) is 0 Å². The Hall–Kier alpha value is -1.31. The summed E-state index contributed by atoms with van der Waals surface area (Å²) < 4.78 is 5.38. The van der Waals surface area contributed by atoms with Crippen LogP contribution in [0.15, 0.2) is 30.3 Å². The molecule has 0 spiro atoms. The third-order valence-corrected chi connectivity index (χ3v) is 1.41. The van der Waals surface area contributed by atoms with Gasteiger partial charge in [0.1, 0.15) is 5.75 Å². The van der Waals surface area contributed by atoms with Crippen LogP contribution in [0.2, 0.25) is 0 Å². The van der Waals surface area contributed by atoms with Crippen LogP contribution >= 0.6 is 0 Å². The fourth-order valence-electron chi connectivity index (χ4n) is 0.816. The Bertz CT molecular complexity index is 252. The van der Waals surface area contributed by atoms with E-state index < -0.39 is 5.60 Å². The lowest BCUT2D eigenvalue weighted by molar-refractivity contribution is -0.118. The van der Waals surface area contributed by atoms with Crippen molar-refractivity contribution < 1.29 is 9.53 Å². The molecule has 1 rings (SSSR count). The molecule has 12 heavy (non-hydrogen) atoms. The Labute approximate surface area is 72.2 Å². The van der Waals surface area contributed by atoms with Gasteiger partial charge in [-0.3, -0.25) is 4.79 Å². The SMILES string of the molecule is CC(C)(C=O)Oc1ccccc1. The minimum absolute atomic E-state index is 0.717. The highest BCUT2D eigenvalue weighted by atomic mass is 16.5. The minimum Gasteiger partial charge on any atom is -0.480 e. The van der Waals surface area contributed by atoms with E-state index in [0.29, 0.717) is 0 Å². The largest absolute Gasteiger partial charge is 0.480 e. The van der Waals surface area contributed by atoms with Crippen molar-refractivity contribution in [2.24, 2.45) is 0 Å². The summed E-state index contributed by atoms with van der Waals surface area (Å²) in [6.45, 7) is 3.46. The Morgan fingerprint density at radius 2 is 1.83 bits per heavy atom. The number of rotatable bonds is 3. The smallest absolute Gasteiger partial charge is 0.162 e. The van der Waals surface area contributed by atoms with Crippen molar-refractivity contribution in [3.63, 3.8) is 0 Å². The first-order chi connectivity index (χ1) is 5.64. The zero-order chi connectivity index (χ0) is 9.03. The van der Waals surface area contributed by atoms with Gasteiger partial charge in [0.25, 0.3) is 0 Å². The van der Waals surface area contributed by atoms with Crippen LogP contribution in [-0.2, 0) is 4.79 Å². The number of hydrogen-bond acceptors (Lipinski definition) is 2. The number of aldehydes is 1. The van der Waals surface area contributed by atoms with Crippen molar-refractivity contribution in [2.75, 3.05) is 0 Å². The maximum Gasteiger partial charge on any atom is 0.162 e. The van der Waals surface area contributed by atoms with Crippen LogP contribution in [0.5, 0.6) is 5.75 Å². The molecule has 64 valence electrons. The Morgan fingerprint density at radius 1 is 1.25 bits per heavy atom. The van der Waals surface area contributed by atoms with Gasteiger partial charge in [0, 0.05) is 0 Å². The average molecular weight is 164 g/mol. The second-order valence-electron chi connectivity index (χ2n) is 3.14. The fourth-order valence-corrected chi connectivity index (χ4v) is 0.816. The van der Waals surface area contributed by atoms with Gasteiger partial charge in [-0.15, -0.1) is 0 Å². The molecule has 0 saturated carbocycles. The van der Waals surface area contributed by atoms with Crippen LogP contribution in [0.25, 0.3) is 0 Å². The molecule has 0 bridgehead atoms. The van der Waals surface area contributed by atoms with E-state index in [2.05, 4.69) is 0 Å². The van der Waals surface area contributed by atoms with E-state index in [1.54, 1.807) is 13.8 Å². The summed E-state index contributed by atoms with van der Waals surface area (Å²) in [5.74, 6) is 0.717. The van der Waals surface area contributed by atoms with Gasteiger partial charge in [-0.2, -0.15) is 0 Å². The molecule has 0 aromatic heterocycles. The van der Waals surface area contributed by atoms with Crippen LogP contribution < -0.4 is 4.74 Å². The predicted octanol–water partition coefficient (Wildman–Crippen LogP) is 2.04. The van der Waals surface area contributed by atoms with Crippen molar-refractivity contribution in [1.29, 1.82) is 0 Å². The number of carbonyl (C=O) groups excluding carboxylic acids is 1. The number of hydrogen-bond donors (Lipinski definition) is 0. The van der Waals surface area contributed by atoms with Crippen LogP contribution in [0.1, 0.15) is 13.8 Å². The van der Waals surface area contributed by atoms with Crippen molar-refractivity contribution in [3.05, 3.63) is 30.3 Å². The first-order valence-corrected chi connectivity index (χ1v) is 3.84. The lowest BCUT2D eigenvalue weighted by atomic mass is 10.2. The van der Waals surface area contributed by atoms with Crippen LogP contribution in [0.3, 0.4) is 0 Å². The third-order valence-electron chi connectivity index (χ3n) is 1.41. The predicted molar refractivity (Wildman–Crippen MR) is 47.2 cm³/mol. The third kappa shape index (κ3) is 2.38. The molecular weight excluding hydrogens is 152 g/mol. The number of para-hydroxylation sites is 1. The van der Waals surface area contributed by atoms with E-state index in [4.69, 9.17) is 4.74 Å². The van der Waals surface area contributed by atoms with E-state index in [9.17, 15) is 4.79 Å². The summed E-state index contributed by atoms with van der Waals surface area (Å²) in [7, 11) is 0. The number of carbonyl (C=O) groups is 1. The van der Waals surface area contributed by atoms with Gasteiger partial charge in [-0.25, -0.2) is 0 Å². The molecule has 0 radical (unpaired) electrons. The molecule has 1 aromatic rings. The van der Waals surface area contributed by atoms with E-state index in [0.717, 1.165) is 12.0 Å². The summed E-state index contributed by atoms with van der Waals surface area (Å²) >= 11 is 0. The molecule has 0 aliphatic carbocycles. The molecule has 0 heterocycles. The Morgan fingerprint density at radius 3 is 2.33 bits per heavy atom. The highest BCUT2D eigenvalue weighted by Crippen LogP contribution is 2.15. The molecular formula is C10H12O2. The van der Waals surface area contributed by atoms with Crippen LogP contribution in [0.4, 0.5) is 0 Å². The zero-order valence-corrected chi connectivity index (χ0v) is 7.28. The monoisotopic (exact) mass is 164 g/mol. The second kappa shape index (κ2) is 3.39. The summed E-state index contributed by atoms with van der Waals surface area (Å²) in [6, 6.07) is 9.30. The summed E-state index contributed by atoms with van der Waals surface area (Å²) in [5.41, 5.74) is -0.735. The maximum absolute atomic E-state index is 10.5. The van der Waals surface area contributed by atoms with Gasteiger partial charge >= 0.3 is 0 Å². The van der Waals surface area contributed by atoms with Crippen LogP contribution in [0, 0.1) is 0 Å². The first kappa shape index (κ1) is 8.78. The molecule has 0 N–H and O–H groups in total. The van der Waals surface area contributed by atoms with Gasteiger partial charge in [-0.05, 0) is 26.0 Å². The van der Waals surface area contributed by atoms with Crippen molar-refractivity contribution in [1.82, 2.24) is 0 Å². The number of ether oxygens (including phenoxy) is 1. The van der Waals surface area contributed by atoms with E-state index in [1.165, 1.54) is 0 Å². The molecule has 0 fully saturated rings. The second-order valence-corrected chi connectivity index (χ2v) is 3.14. The zero-order valence-electron chi connectivity index (χ0n) is 7.28. The van der Waals surface area contributed by atoms with E-state index in [-0.39, 0.29) is 0 Å². The molecule has 0 amide bonds. The van der Waals surface area contributed by atoms with Crippen LogP contribution in [-0.4, -0.2) is 11.9 Å². The van der Waals surface area contributed by atoms with Gasteiger partial charge in [0.15, 0.2) is 11.9 Å². The minimum atomic E-state index is -0.735. The molecule has 0 aliphatic rings. The van der Waals surface area contributed by atoms with Gasteiger partial charge in [0.2, 0.25) is 0 Å². The Balaban J connectivity index is 2.70. The topological polar surface area (TPSA) is 26.3 Å². The van der Waals surface area contributed by atoms with E-state index in [1.807, 2.05) is 30.3 Å². The van der Waals surface area contributed by atoms with E-state index >= 15 is 0 Å². The summed E-state index contributed by atoms with van der Waals surface area (Å²) in [5, 5.41) is 0. The molecule has 2 heteroatoms. The number of benzene rings is 1. The van der Waals surface area contributed by atoms with Crippen molar-refractivity contribution in [3.8, 4) is 5.75 Å². The van der Waals surface area contributed by atoms with Gasteiger partial charge in [-0.1, -0.05) is 18.2 Å². The highest BCUT2D eigenvalue weighted by Gasteiger charge is 2.17. The molecule has 0 unspecified atom stereocenters. The molecule has 1 aromatic carbocycles. The lowest BCUT2D eigenvalue weighted by Gasteiger charge is -2.19. The highest BCUT2D eigenvalue weighted by molar-refractivity contribution is 5.61. The molecule has 0 aliphatic heterocycles. The van der Waals surface area contributed by atoms with Crippen molar-refractivity contribution >= 4 is 6.29 Å². The first-order valence-electron chi connectivity index (χ1n) is 3.84. The van der Waals surface area contributed by atoms with Crippen molar-refractivity contribution in [2.45, 2.75) is 19.4 Å². The lowest BCUT2D eigenvalue weighted by Crippen LogP contribution is -2.29. The Kier molecular flexibility index (Phi) is 2.48. The fraction of sp³-hybridized carbons (Fsp3) is 0.300. The maximum atomic E-state index is 10.5. The summed E-state index contributed by atoms with van der Waals surface area (Å²) in [6.07, 6.45) is 0.792. The molecule has 2 nitrogen and oxygen atoms in total. The van der Waals surface area contributed by atoms with Gasteiger partial charge < -0.3 is 4.74 Å². The molecule has 0 atom stereocenters.